The fraction of sp³-hybridized carbons (Fsp3) is 0.125. The van der Waals surface area contributed by atoms with Gasteiger partial charge in [-0.1, -0.05) is 30.3 Å². The number of hydrogen-bond acceptors (Lipinski definition) is 4. The molecule has 3 rings (SSSR count). The Kier molecular flexibility index (Phi) is 7.83. The lowest BCUT2D eigenvalue weighted by Gasteiger charge is -2.16. The van der Waals surface area contributed by atoms with Crippen LogP contribution in [0, 0.1) is 11.3 Å². The number of anilines is 1. The predicted molar refractivity (Wildman–Crippen MR) is 118 cm³/mol. The number of nitriles is 1. The maximum atomic E-state index is 13.2. The van der Waals surface area contributed by atoms with Crippen molar-refractivity contribution >= 4 is 17.9 Å². The van der Waals surface area contributed by atoms with E-state index in [1.54, 1.807) is 12.1 Å². The molecule has 0 heterocycles. The Morgan fingerprint density at radius 1 is 0.944 bits per heavy atom. The second-order valence-corrected chi connectivity index (χ2v) is 7.25. The van der Waals surface area contributed by atoms with Gasteiger partial charge in [0.2, 0.25) is 0 Å². The van der Waals surface area contributed by atoms with Crippen LogP contribution < -0.4 is 15.5 Å². The van der Waals surface area contributed by atoms with E-state index in [9.17, 15) is 31.1 Å². The lowest BCUT2D eigenvalue weighted by atomic mass is 9.91. The highest BCUT2D eigenvalue weighted by atomic mass is 19.4. The van der Waals surface area contributed by atoms with Crippen LogP contribution in [0.5, 0.6) is 5.75 Å². The van der Waals surface area contributed by atoms with Crippen LogP contribution in [0.15, 0.2) is 77.9 Å². The number of urea groups is 1. The third-order valence-corrected chi connectivity index (χ3v) is 4.71. The topological polar surface area (TPSA) is 86.5 Å². The number of ether oxygens (including phenoxy) is 1. The summed E-state index contributed by atoms with van der Waals surface area (Å²) in [5.74, 6) is -1.28. The number of carbonyl (C=O) groups excluding carboxylic acids is 1. The Balaban J connectivity index is 1.75. The molecule has 1 atom stereocenters. The number of alkyl halides is 6. The number of hydrogen-bond donors (Lipinski definition) is 2. The summed E-state index contributed by atoms with van der Waals surface area (Å²) in [6.07, 6.45) is -8.20. The summed E-state index contributed by atoms with van der Waals surface area (Å²) in [7, 11) is 0. The van der Waals surface area contributed by atoms with Gasteiger partial charge in [0.25, 0.3) is 0 Å². The number of amides is 2. The van der Waals surface area contributed by atoms with Gasteiger partial charge in [0.05, 0.1) is 17.2 Å². The van der Waals surface area contributed by atoms with Gasteiger partial charge in [-0.15, -0.1) is 13.2 Å². The first-order chi connectivity index (χ1) is 16.9. The number of carbonyl (C=O) groups is 1. The van der Waals surface area contributed by atoms with Gasteiger partial charge < -0.3 is 10.1 Å². The quantitative estimate of drug-likeness (QED) is 0.230. The monoisotopic (exact) mass is 506 g/mol. The molecule has 1 unspecified atom stereocenters. The van der Waals surface area contributed by atoms with E-state index in [0.717, 1.165) is 24.3 Å². The van der Waals surface area contributed by atoms with E-state index < -0.39 is 35.8 Å². The normalized spacial score (nSPS) is 12.6. The molecule has 0 aliphatic rings. The van der Waals surface area contributed by atoms with Crippen LogP contribution in [0.1, 0.15) is 28.2 Å². The Morgan fingerprint density at radius 3 is 2.19 bits per heavy atom. The average Bonchev–Trinajstić information content (AvgIpc) is 2.82. The minimum Gasteiger partial charge on any atom is -0.406 e. The Bertz CT molecular complexity index is 1260. The van der Waals surface area contributed by atoms with Crippen LogP contribution in [0.25, 0.3) is 0 Å². The molecule has 186 valence electrons. The van der Waals surface area contributed by atoms with Crippen molar-refractivity contribution in [2.24, 2.45) is 5.10 Å². The van der Waals surface area contributed by atoms with E-state index >= 15 is 0 Å². The van der Waals surface area contributed by atoms with Crippen LogP contribution in [-0.2, 0) is 6.18 Å². The zero-order valence-corrected chi connectivity index (χ0v) is 18.1. The average molecular weight is 506 g/mol. The molecule has 0 bridgehead atoms. The summed E-state index contributed by atoms with van der Waals surface area (Å²) in [6.45, 7) is 0. The molecular weight excluding hydrogens is 490 g/mol. The molecule has 0 aliphatic heterocycles. The molecule has 2 N–H and O–H groups in total. The molecule has 6 nitrogen and oxygen atoms in total. The summed E-state index contributed by atoms with van der Waals surface area (Å²) in [5.41, 5.74) is 2.53. The third-order valence-electron chi connectivity index (χ3n) is 4.71. The fourth-order valence-corrected chi connectivity index (χ4v) is 3.11. The van der Waals surface area contributed by atoms with Crippen molar-refractivity contribution < 1.29 is 35.9 Å². The summed E-state index contributed by atoms with van der Waals surface area (Å²) in [6, 6.07) is 16.1. The number of halogens is 6. The lowest BCUT2D eigenvalue weighted by molar-refractivity contribution is -0.274. The van der Waals surface area contributed by atoms with E-state index in [1.165, 1.54) is 42.6 Å². The summed E-state index contributed by atoms with van der Waals surface area (Å²) in [4.78, 5) is 12.1. The van der Waals surface area contributed by atoms with Gasteiger partial charge in [0, 0.05) is 17.8 Å². The molecule has 0 saturated carbocycles. The summed E-state index contributed by atoms with van der Waals surface area (Å²) < 4.78 is 80.1. The van der Waals surface area contributed by atoms with Gasteiger partial charge >= 0.3 is 18.6 Å². The minimum absolute atomic E-state index is 0.138. The Hall–Kier alpha value is -4.53. The molecule has 36 heavy (non-hydrogen) atoms. The molecule has 0 radical (unpaired) electrons. The van der Waals surface area contributed by atoms with Crippen LogP contribution in [0.4, 0.5) is 36.8 Å². The lowest BCUT2D eigenvalue weighted by Crippen LogP contribution is -2.24. The standard InChI is InChI=1S/C24H16F6N4O2/c25-23(26,27)18-3-1-2-17(12-18)21(16-6-4-15(13-31)5-7-16)14-32-34-22(35)33-19-8-10-20(11-9-19)36-24(28,29)30/h1-12,14,21H,(H2,33,34,35)/b32-14-. The Labute approximate surface area is 200 Å². The smallest absolute Gasteiger partial charge is 0.406 e. The second kappa shape index (κ2) is 10.8. The van der Waals surface area contributed by atoms with E-state index in [1.807, 2.05) is 6.07 Å². The molecule has 0 saturated heterocycles. The van der Waals surface area contributed by atoms with E-state index in [-0.39, 0.29) is 11.3 Å². The molecule has 0 aliphatic carbocycles. The number of nitrogens with zero attached hydrogens (tertiary/aromatic N) is 2. The van der Waals surface area contributed by atoms with E-state index in [2.05, 4.69) is 20.6 Å². The number of nitrogens with one attached hydrogen (secondary N) is 2. The van der Waals surface area contributed by atoms with Crippen molar-refractivity contribution in [2.45, 2.75) is 18.5 Å². The number of benzene rings is 3. The van der Waals surface area contributed by atoms with Crippen molar-refractivity contribution in [3.05, 3.63) is 95.1 Å². The first-order valence-corrected chi connectivity index (χ1v) is 10.1. The maximum Gasteiger partial charge on any atom is 0.573 e. The number of rotatable bonds is 6. The van der Waals surface area contributed by atoms with Crippen molar-refractivity contribution in [2.75, 3.05) is 5.32 Å². The molecule has 2 amide bonds. The van der Waals surface area contributed by atoms with Crippen molar-refractivity contribution in [3.8, 4) is 11.8 Å². The van der Waals surface area contributed by atoms with Gasteiger partial charge in [-0.2, -0.15) is 23.5 Å². The third kappa shape index (κ3) is 7.49. The minimum atomic E-state index is -4.86. The van der Waals surface area contributed by atoms with Crippen molar-refractivity contribution in [3.63, 3.8) is 0 Å². The molecule has 12 heteroatoms. The zero-order chi connectivity index (χ0) is 26.3. The molecule has 3 aromatic rings. The van der Waals surface area contributed by atoms with Gasteiger partial charge in [-0.3, -0.25) is 0 Å². The molecule has 0 fully saturated rings. The highest BCUT2D eigenvalue weighted by Crippen LogP contribution is 2.32. The molecular formula is C24H16F6N4O2. The number of hydrazone groups is 1. The molecule has 0 spiro atoms. The highest BCUT2D eigenvalue weighted by molar-refractivity contribution is 5.89. The van der Waals surface area contributed by atoms with Gasteiger partial charge in [-0.25, -0.2) is 10.2 Å². The van der Waals surface area contributed by atoms with Crippen molar-refractivity contribution in [1.29, 1.82) is 5.26 Å². The molecule has 3 aromatic carbocycles. The van der Waals surface area contributed by atoms with E-state index in [4.69, 9.17) is 5.26 Å². The first kappa shape index (κ1) is 26.1. The van der Waals surface area contributed by atoms with Crippen LogP contribution >= 0.6 is 0 Å². The second-order valence-electron chi connectivity index (χ2n) is 7.25. The van der Waals surface area contributed by atoms with Crippen LogP contribution in [-0.4, -0.2) is 18.6 Å². The van der Waals surface area contributed by atoms with Gasteiger partial charge in [-0.05, 0) is 53.6 Å². The van der Waals surface area contributed by atoms with Gasteiger partial charge in [0.1, 0.15) is 5.75 Å². The van der Waals surface area contributed by atoms with Crippen LogP contribution in [0.2, 0.25) is 0 Å². The summed E-state index contributed by atoms with van der Waals surface area (Å²) >= 11 is 0. The van der Waals surface area contributed by atoms with Gasteiger partial charge in [0.15, 0.2) is 0 Å². The largest absolute Gasteiger partial charge is 0.573 e. The van der Waals surface area contributed by atoms with Crippen molar-refractivity contribution in [1.82, 2.24) is 5.43 Å². The summed E-state index contributed by atoms with van der Waals surface area (Å²) in [5, 5.41) is 15.1. The zero-order valence-electron chi connectivity index (χ0n) is 18.1. The fourth-order valence-electron chi connectivity index (χ4n) is 3.11. The van der Waals surface area contributed by atoms with Crippen LogP contribution in [0.3, 0.4) is 0 Å². The predicted octanol–water partition coefficient (Wildman–Crippen LogP) is 6.42. The Morgan fingerprint density at radius 2 is 1.61 bits per heavy atom. The van der Waals surface area contributed by atoms with E-state index in [0.29, 0.717) is 11.1 Å². The molecule has 0 aromatic heterocycles. The first-order valence-electron chi connectivity index (χ1n) is 10.1. The maximum absolute atomic E-state index is 13.2. The highest BCUT2D eigenvalue weighted by Gasteiger charge is 2.31. The SMILES string of the molecule is N#Cc1ccc(C(/C=N\NC(=O)Nc2ccc(OC(F)(F)F)cc2)c2cccc(C(F)(F)F)c2)cc1.